The highest BCUT2D eigenvalue weighted by atomic mass is 16.4. The molecule has 0 saturated heterocycles. The number of H-pyrrole nitrogens is 1. The van der Waals surface area contributed by atoms with Crippen LogP contribution in [0.25, 0.3) is 11.3 Å². The summed E-state index contributed by atoms with van der Waals surface area (Å²) in [5, 5.41) is 16.5. The molecule has 0 aliphatic carbocycles. The highest BCUT2D eigenvalue weighted by Gasteiger charge is 2.23. The van der Waals surface area contributed by atoms with Gasteiger partial charge in [-0.05, 0) is 12.0 Å². The van der Waals surface area contributed by atoms with E-state index in [-0.39, 0.29) is 5.71 Å². The Morgan fingerprint density at radius 1 is 1.42 bits per heavy atom. The summed E-state index contributed by atoms with van der Waals surface area (Å²) in [5.41, 5.74) is 1.47. The minimum atomic E-state index is -1.20. The van der Waals surface area contributed by atoms with Crippen LogP contribution < -0.4 is 0 Å². The minimum Gasteiger partial charge on any atom is -0.477 e. The lowest BCUT2D eigenvalue weighted by Crippen LogP contribution is -2.21. The van der Waals surface area contributed by atoms with Crippen LogP contribution in [0.15, 0.2) is 36.5 Å². The number of aliphatic carboxylic acids is 1. The summed E-state index contributed by atoms with van der Waals surface area (Å²) in [4.78, 5) is 18.2. The minimum absolute atomic E-state index is 0.337. The molecule has 3 N–H and O–H groups in total. The number of carbonyl (C=O) groups is 1. The topological polar surface area (TPSA) is 89.8 Å². The van der Waals surface area contributed by atoms with E-state index in [0.717, 1.165) is 11.3 Å². The highest BCUT2D eigenvalue weighted by Crippen LogP contribution is 2.22. The lowest BCUT2D eigenvalue weighted by atomic mass is 10.00. The normalized spacial score (nSPS) is 12.1. The molecule has 1 heterocycles. The standard InChI is InChI=1S/C14H15N3O2/c1-2-10(12(15)14(18)19)13-16-8-11(17-13)9-6-4-3-5-7-9/h3-8,10,15H,2H2,1H3,(H,16,17)(H,18,19). The molecule has 0 aliphatic heterocycles. The molecule has 0 bridgehead atoms. The monoisotopic (exact) mass is 257 g/mol. The zero-order valence-electron chi connectivity index (χ0n) is 10.6. The Labute approximate surface area is 110 Å². The number of aromatic amines is 1. The van der Waals surface area contributed by atoms with Crippen molar-refractivity contribution >= 4 is 11.7 Å². The van der Waals surface area contributed by atoms with Gasteiger partial charge in [0.1, 0.15) is 11.5 Å². The molecule has 19 heavy (non-hydrogen) atoms. The molecule has 0 radical (unpaired) electrons. The van der Waals surface area contributed by atoms with E-state index in [0.29, 0.717) is 12.2 Å². The molecule has 1 atom stereocenters. The Balaban J connectivity index is 2.30. The Morgan fingerprint density at radius 2 is 2.11 bits per heavy atom. The van der Waals surface area contributed by atoms with Crippen LogP contribution in [-0.2, 0) is 4.79 Å². The van der Waals surface area contributed by atoms with Gasteiger partial charge in [-0.3, -0.25) is 5.41 Å². The van der Waals surface area contributed by atoms with Crippen LogP contribution in [-0.4, -0.2) is 26.8 Å². The van der Waals surface area contributed by atoms with Crippen LogP contribution in [0.5, 0.6) is 0 Å². The van der Waals surface area contributed by atoms with Gasteiger partial charge < -0.3 is 10.1 Å². The van der Waals surface area contributed by atoms with Gasteiger partial charge in [-0.25, -0.2) is 9.78 Å². The molecule has 5 heteroatoms. The van der Waals surface area contributed by atoms with Gasteiger partial charge in [-0.15, -0.1) is 0 Å². The number of nitrogens with zero attached hydrogens (tertiary/aromatic N) is 1. The summed E-state index contributed by atoms with van der Waals surface area (Å²) in [5.74, 6) is -1.19. The fourth-order valence-electron chi connectivity index (χ4n) is 1.96. The van der Waals surface area contributed by atoms with Gasteiger partial charge >= 0.3 is 5.97 Å². The summed E-state index contributed by atoms with van der Waals surface area (Å²) in [6.45, 7) is 1.84. The fraction of sp³-hybridized carbons (Fsp3) is 0.214. The van der Waals surface area contributed by atoms with Gasteiger partial charge in [0.2, 0.25) is 0 Å². The van der Waals surface area contributed by atoms with Gasteiger partial charge in [-0.1, -0.05) is 37.3 Å². The van der Waals surface area contributed by atoms with Crippen LogP contribution in [0.3, 0.4) is 0 Å². The molecule has 0 amide bonds. The number of aromatic nitrogens is 2. The lowest BCUT2D eigenvalue weighted by Gasteiger charge is -2.10. The Hall–Kier alpha value is -2.43. The predicted molar refractivity (Wildman–Crippen MR) is 72.4 cm³/mol. The first-order valence-electron chi connectivity index (χ1n) is 6.05. The Bertz CT molecular complexity index is 590. The van der Waals surface area contributed by atoms with E-state index in [1.807, 2.05) is 37.3 Å². The van der Waals surface area contributed by atoms with Crippen molar-refractivity contribution in [2.75, 3.05) is 0 Å². The lowest BCUT2D eigenvalue weighted by molar-refractivity contribution is -0.129. The number of rotatable bonds is 5. The van der Waals surface area contributed by atoms with Gasteiger partial charge in [0.25, 0.3) is 0 Å². The molecule has 2 aromatic rings. The van der Waals surface area contributed by atoms with Crippen molar-refractivity contribution in [2.24, 2.45) is 0 Å². The van der Waals surface area contributed by atoms with E-state index in [1.165, 1.54) is 0 Å². The molecule has 0 saturated carbocycles. The number of nitrogens with one attached hydrogen (secondary N) is 2. The van der Waals surface area contributed by atoms with Gasteiger partial charge in [0, 0.05) is 0 Å². The van der Waals surface area contributed by atoms with Gasteiger partial charge in [0.15, 0.2) is 0 Å². The van der Waals surface area contributed by atoms with Crippen molar-refractivity contribution in [1.29, 1.82) is 5.41 Å². The van der Waals surface area contributed by atoms with E-state index < -0.39 is 11.9 Å². The van der Waals surface area contributed by atoms with Crippen molar-refractivity contribution in [1.82, 2.24) is 9.97 Å². The van der Waals surface area contributed by atoms with Crippen molar-refractivity contribution in [2.45, 2.75) is 19.3 Å². The molecule has 1 aromatic carbocycles. The van der Waals surface area contributed by atoms with Crippen LogP contribution >= 0.6 is 0 Å². The number of carboxylic acid groups (broad SMARTS) is 1. The summed E-state index contributed by atoms with van der Waals surface area (Å²) in [7, 11) is 0. The third-order valence-electron chi connectivity index (χ3n) is 3.00. The van der Waals surface area contributed by atoms with Gasteiger partial charge in [-0.2, -0.15) is 0 Å². The fourth-order valence-corrected chi connectivity index (χ4v) is 1.96. The molecule has 0 fully saturated rings. The van der Waals surface area contributed by atoms with E-state index in [9.17, 15) is 4.79 Å². The number of carboxylic acids is 1. The van der Waals surface area contributed by atoms with E-state index in [1.54, 1.807) is 6.20 Å². The zero-order chi connectivity index (χ0) is 13.8. The van der Waals surface area contributed by atoms with Crippen LogP contribution in [0.1, 0.15) is 25.1 Å². The van der Waals surface area contributed by atoms with E-state index in [4.69, 9.17) is 10.5 Å². The van der Waals surface area contributed by atoms with Crippen molar-refractivity contribution < 1.29 is 9.90 Å². The average molecular weight is 257 g/mol. The van der Waals surface area contributed by atoms with Crippen molar-refractivity contribution in [3.05, 3.63) is 42.4 Å². The quantitative estimate of drug-likeness (QED) is 0.719. The maximum Gasteiger partial charge on any atom is 0.350 e. The maximum atomic E-state index is 10.9. The molecule has 2 rings (SSSR count). The Morgan fingerprint density at radius 3 is 2.68 bits per heavy atom. The maximum absolute atomic E-state index is 10.9. The first-order chi connectivity index (χ1) is 9.13. The first kappa shape index (κ1) is 13.0. The molecule has 1 aromatic heterocycles. The van der Waals surface area contributed by atoms with Gasteiger partial charge in [0.05, 0.1) is 17.8 Å². The second-order valence-electron chi connectivity index (χ2n) is 4.23. The summed E-state index contributed by atoms with van der Waals surface area (Å²) < 4.78 is 0. The molecule has 98 valence electrons. The highest BCUT2D eigenvalue weighted by molar-refractivity contribution is 6.36. The summed E-state index contributed by atoms with van der Waals surface area (Å²) in [6.07, 6.45) is 2.19. The summed E-state index contributed by atoms with van der Waals surface area (Å²) in [6, 6.07) is 9.66. The first-order valence-corrected chi connectivity index (χ1v) is 6.05. The smallest absolute Gasteiger partial charge is 0.350 e. The largest absolute Gasteiger partial charge is 0.477 e. The second kappa shape index (κ2) is 5.48. The number of benzene rings is 1. The van der Waals surface area contributed by atoms with Crippen LogP contribution in [0.2, 0.25) is 0 Å². The molecular formula is C14H15N3O2. The Kier molecular flexibility index (Phi) is 3.75. The molecule has 0 spiro atoms. The second-order valence-corrected chi connectivity index (χ2v) is 4.23. The number of imidazole rings is 1. The summed E-state index contributed by atoms with van der Waals surface area (Å²) >= 11 is 0. The third-order valence-corrected chi connectivity index (χ3v) is 3.00. The molecule has 5 nitrogen and oxygen atoms in total. The third kappa shape index (κ3) is 2.70. The van der Waals surface area contributed by atoms with E-state index >= 15 is 0 Å². The molecule has 0 aliphatic rings. The number of hydrogen-bond donors (Lipinski definition) is 3. The van der Waals surface area contributed by atoms with E-state index in [2.05, 4.69) is 9.97 Å². The van der Waals surface area contributed by atoms with Crippen molar-refractivity contribution in [3.8, 4) is 11.3 Å². The SMILES string of the molecule is CCC(C(=N)C(=O)O)c1ncc(-c2ccccc2)[nH]1. The van der Waals surface area contributed by atoms with Crippen molar-refractivity contribution in [3.63, 3.8) is 0 Å². The van der Waals surface area contributed by atoms with Crippen LogP contribution in [0, 0.1) is 5.41 Å². The zero-order valence-corrected chi connectivity index (χ0v) is 10.6. The molecular weight excluding hydrogens is 242 g/mol. The predicted octanol–water partition coefficient (Wildman–Crippen LogP) is 2.67. The number of hydrogen-bond acceptors (Lipinski definition) is 3. The molecule has 1 unspecified atom stereocenters. The average Bonchev–Trinajstić information content (AvgIpc) is 2.90. The van der Waals surface area contributed by atoms with Crippen LogP contribution in [0.4, 0.5) is 0 Å².